The number of benzene rings is 2. The second-order valence-corrected chi connectivity index (χ2v) is 8.46. The van der Waals surface area contributed by atoms with Crippen LogP contribution in [0, 0.1) is 13.5 Å². The highest BCUT2D eigenvalue weighted by atomic mass is 16.5. The Morgan fingerprint density at radius 2 is 1.86 bits per heavy atom. The zero-order valence-electron chi connectivity index (χ0n) is 17.0. The quantitative estimate of drug-likeness (QED) is 0.540. The molecule has 0 aromatic heterocycles. The highest BCUT2D eigenvalue weighted by Gasteiger charge is 2.38. The van der Waals surface area contributed by atoms with Crippen molar-refractivity contribution in [2.45, 2.75) is 45.6 Å². The van der Waals surface area contributed by atoms with Gasteiger partial charge in [-0.15, -0.1) is 0 Å². The fourth-order valence-electron chi connectivity index (χ4n) is 3.71. The lowest BCUT2D eigenvalue weighted by Gasteiger charge is -2.42. The molecule has 144 valence electrons. The number of carboxylic acids is 1. The third kappa shape index (κ3) is 3.58. The summed E-state index contributed by atoms with van der Waals surface area (Å²) in [4.78, 5) is 14.5. The summed E-state index contributed by atoms with van der Waals surface area (Å²) in [5, 5.41) is 8.90. The van der Waals surface area contributed by atoms with Gasteiger partial charge in [0.2, 0.25) is 0 Å². The molecule has 0 bridgehead atoms. The van der Waals surface area contributed by atoms with Gasteiger partial charge in [-0.2, -0.15) is 0 Å². The van der Waals surface area contributed by atoms with E-state index in [0.717, 1.165) is 28.3 Å². The van der Waals surface area contributed by atoms with Crippen molar-refractivity contribution in [3.63, 3.8) is 0 Å². The number of hydrogen-bond acceptors (Lipinski definition) is 2. The van der Waals surface area contributed by atoms with E-state index in [2.05, 4.69) is 44.7 Å². The van der Waals surface area contributed by atoms with E-state index in [1.54, 1.807) is 18.2 Å². The average molecular weight is 375 g/mol. The van der Waals surface area contributed by atoms with E-state index >= 15 is 0 Å². The molecule has 28 heavy (non-hydrogen) atoms. The first-order chi connectivity index (χ1) is 13.0. The van der Waals surface area contributed by atoms with Gasteiger partial charge in [-0.3, -0.25) is 0 Å². The number of hydrogen-bond donors (Lipinski definition) is 1. The third-order valence-corrected chi connectivity index (χ3v) is 5.39. The van der Waals surface area contributed by atoms with E-state index in [1.807, 2.05) is 13.0 Å². The molecule has 0 spiro atoms. The van der Waals surface area contributed by atoms with E-state index in [-0.39, 0.29) is 11.0 Å². The van der Waals surface area contributed by atoms with Crippen LogP contribution in [0.25, 0.3) is 22.0 Å². The molecule has 1 N–H and O–H groups in total. The lowest BCUT2D eigenvalue weighted by molar-refractivity contribution is -0.131. The molecule has 4 heteroatoms. The van der Waals surface area contributed by atoms with Gasteiger partial charge < -0.3 is 9.84 Å². The largest absolute Gasteiger partial charge is 0.478 e. The van der Waals surface area contributed by atoms with Crippen molar-refractivity contribution in [3.05, 3.63) is 70.1 Å². The van der Waals surface area contributed by atoms with Crippen LogP contribution in [0.1, 0.15) is 49.9 Å². The molecule has 0 amide bonds. The topological polar surface area (TPSA) is 50.9 Å². The zero-order valence-corrected chi connectivity index (χ0v) is 17.0. The summed E-state index contributed by atoms with van der Waals surface area (Å²) < 4.78 is 6.11. The normalized spacial score (nSPS) is 17.1. The molecule has 0 aliphatic carbocycles. The highest BCUT2D eigenvalue weighted by Crippen LogP contribution is 2.45. The van der Waals surface area contributed by atoms with Crippen LogP contribution in [0.15, 0.2) is 36.4 Å². The van der Waals surface area contributed by atoms with Gasteiger partial charge in [-0.05, 0) is 60.2 Å². The van der Waals surface area contributed by atoms with Gasteiger partial charge in [0.1, 0.15) is 0 Å². The Morgan fingerprint density at radius 3 is 2.50 bits per heavy atom. The first kappa shape index (κ1) is 19.9. The molecule has 0 radical (unpaired) electrons. The summed E-state index contributed by atoms with van der Waals surface area (Å²) >= 11 is 0. The van der Waals surface area contributed by atoms with Crippen LogP contribution in [0.5, 0.6) is 0 Å². The Kier molecular flexibility index (Phi) is 4.91. The molecular formula is C24H25NO3. The molecule has 0 atom stereocenters. The molecule has 1 aliphatic heterocycles. The van der Waals surface area contributed by atoms with Crippen LogP contribution < -0.4 is 0 Å². The van der Waals surface area contributed by atoms with Crippen molar-refractivity contribution in [2.24, 2.45) is 0 Å². The Labute approximate surface area is 166 Å². The van der Waals surface area contributed by atoms with Gasteiger partial charge in [0.15, 0.2) is 5.69 Å². The van der Waals surface area contributed by atoms with E-state index in [0.29, 0.717) is 12.3 Å². The minimum Gasteiger partial charge on any atom is -0.478 e. The van der Waals surface area contributed by atoms with Gasteiger partial charge >= 0.3 is 5.97 Å². The van der Waals surface area contributed by atoms with Crippen molar-refractivity contribution in [1.29, 1.82) is 0 Å². The van der Waals surface area contributed by atoms with E-state index < -0.39 is 5.97 Å². The van der Waals surface area contributed by atoms with Crippen molar-refractivity contribution >= 4 is 17.7 Å². The third-order valence-electron chi connectivity index (χ3n) is 5.39. The average Bonchev–Trinajstić information content (AvgIpc) is 2.63. The van der Waals surface area contributed by atoms with Crippen LogP contribution in [0.4, 0.5) is 5.69 Å². The fourth-order valence-corrected chi connectivity index (χ4v) is 3.71. The number of aryl methyl sites for hydroxylation is 1. The smallest absolute Gasteiger partial charge is 0.328 e. The molecule has 2 aromatic carbocycles. The maximum Gasteiger partial charge on any atom is 0.328 e. The molecule has 0 saturated carbocycles. The molecule has 0 unspecified atom stereocenters. The Balaban J connectivity index is 2.24. The molecule has 1 heterocycles. The highest BCUT2D eigenvalue weighted by molar-refractivity contribution is 5.87. The first-order valence-corrected chi connectivity index (χ1v) is 9.27. The van der Waals surface area contributed by atoms with Gasteiger partial charge in [-0.25, -0.2) is 9.64 Å². The molecule has 0 fully saturated rings. The molecular weight excluding hydrogens is 350 g/mol. The Hall–Kier alpha value is -2.90. The summed E-state index contributed by atoms with van der Waals surface area (Å²) in [7, 11) is 0. The van der Waals surface area contributed by atoms with Gasteiger partial charge in [0.25, 0.3) is 0 Å². The number of aliphatic carboxylic acids is 1. The number of nitrogens with zero attached hydrogens (tertiary/aromatic N) is 1. The predicted molar refractivity (Wildman–Crippen MR) is 112 cm³/mol. The van der Waals surface area contributed by atoms with Crippen molar-refractivity contribution in [3.8, 4) is 11.1 Å². The summed E-state index contributed by atoms with van der Waals surface area (Å²) in [6.07, 6.45) is 2.66. The zero-order chi connectivity index (χ0) is 20.7. The van der Waals surface area contributed by atoms with E-state index in [4.69, 9.17) is 16.4 Å². The molecule has 3 rings (SSSR count). The summed E-state index contributed by atoms with van der Waals surface area (Å²) in [6, 6.07) is 9.76. The van der Waals surface area contributed by atoms with Crippen LogP contribution >= 0.6 is 0 Å². The van der Waals surface area contributed by atoms with Crippen LogP contribution in [0.3, 0.4) is 0 Å². The summed E-state index contributed by atoms with van der Waals surface area (Å²) in [6.45, 7) is 18.7. The second kappa shape index (κ2) is 6.92. The van der Waals surface area contributed by atoms with Gasteiger partial charge in [0.05, 0.1) is 18.8 Å². The van der Waals surface area contributed by atoms with Crippen molar-refractivity contribution < 1.29 is 14.6 Å². The Bertz CT molecular complexity index is 1020. The van der Waals surface area contributed by atoms with Crippen LogP contribution in [-0.4, -0.2) is 17.7 Å². The van der Waals surface area contributed by atoms with Gasteiger partial charge in [-0.1, -0.05) is 44.2 Å². The predicted octanol–water partition coefficient (Wildman–Crippen LogP) is 5.85. The summed E-state index contributed by atoms with van der Waals surface area (Å²) in [5.41, 5.74) is 6.11. The second-order valence-electron chi connectivity index (χ2n) is 8.46. The molecule has 1 aliphatic rings. The number of carbonyl (C=O) groups is 1. The standard InChI is InChI=1S/C24H25NO3/c1-15-11-20-19(23(2,3)14-28-24(20,4)5)13-17(15)18-12-16(8-10-22(26)27)7-9-21(18)25-6/h7-13H,14H2,1-5H3,(H,26,27)/b10-8+. The van der Waals surface area contributed by atoms with Crippen LogP contribution in [0.2, 0.25) is 0 Å². The Morgan fingerprint density at radius 1 is 1.14 bits per heavy atom. The first-order valence-electron chi connectivity index (χ1n) is 9.27. The monoisotopic (exact) mass is 375 g/mol. The fraction of sp³-hybridized carbons (Fsp3) is 0.333. The number of fused-ring (bicyclic) bond motifs is 1. The minimum atomic E-state index is -0.996. The minimum absolute atomic E-state index is 0.133. The van der Waals surface area contributed by atoms with Crippen molar-refractivity contribution in [2.75, 3.05) is 6.61 Å². The molecule has 4 nitrogen and oxygen atoms in total. The van der Waals surface area contributed by atoms with Gasteiger partial charge in [0, 0.05) is 11.5 Å². The lowest BCUT2D eigenvalue weighted by atomic mass is 9.73. The number of carboxylic acid groups (broad SMARTS) is 1. The molecule has 0 saturated heterocycles. The maximum absolute atomic E-state index is 10.9. The SMILES string of the molecule is [C-]#[N+]c1ccc(/C=C/C(=O)O)cc1-c1cc2c(cc1C)C(C)(C)OCC2(C)C. The number of ether oxygens (including phenoxy) is 1. The van der Waals surface area contributed by atoms with Crippen molar-refractivity contribution in [1.82, 2.24) is 0 Å². The molecule has 2 aromatic rings. The lowest BCUT2D eigenvalue weighted by Crippen LogP contribution is -2.40. The van der Waals surface area contributed by atoms with E-state index in [1.165, 1.54) is 11.1 Å². The van der Waals surface area contributed by atoms with E-state index in [9.17, 15) is 4.79 Å². The number of rotatable bonds is 3. The van der Waals surface area contributed by atoms with Crippen LogP contribution in [-0.2, 0) is 20.5 Å². The summed E-state index contributed by atoms with van der Waals surface area (Å²) in [5.74, 6) is -0.996. The maximum atomic E-state index is 10.9.